The fourth-order valence-corrected chi connectivity index (χ4v) is 2.28. The van der Waals surface area contributed by atoms with E-state index >= 15 is 0 Å². The van der Waals surface area contributed by atoms with E-state index in [1.165, 1.54) is 5.56 Å². The van der Waals surface area contributed by atoms with Crippen LogP contribution in [0.1, 0.15) is 39.7 Å². The van der Waals surface area contributed by atoms with E-state index in [4.69, 9.17) is 4.74 Å². The molecule has 0 saturated heterocycles. The molecule has 1 rings (SSSR count). The summed E-state index contributed by atoms with van der Waals surface area (Å²) >= 11 is 0. The summed E-state index contributed by atoms with van der Waals surface area (Å²) in [5.74, 6) is 1.80. The number of benzene rings is 1. The van der Waals surface area contributed by atoms with Gasteiger partial charge in [-0.15, -0.1) is 0 Å². The first-order valence-electron chi connectivity index (χ1n) is 9.19. The molecule has 0 amide bonds. The normalized spacial score (nSPS) is 11.6. The molecule has 0 aliphatic heterocycles. The average Bonchev–Trinajstić information content (AvgIpc) is 2.62. The first-order chi connectivity index (χ1) is 11.7. The Kier molecular flexibility index (Phi) is 10.7. The number of ether oxygens (including phenoxy) is 1. The summed E-state index contributed by atoms with van der Waals surface area (Å²) in [4.78, 5) is 6.96. The van der Waals surface area contributed by atoms with Gasteiger partial charge in [-0.25, -0.2) is 4.99 Å². The van der Waals surface area contributed by atoms with Gasteiger partial charge in [-0.3, -0.25) is 0 Å². The maximum absolute atomic E-state index is 5.81. The van der Waals surface area contributed by atoms with Gasteiger partial charge in [0.15, 0.2) is 5.96 Å². The van der Waals surface area contributed by atoms with Gasteiger partial charge in [0.1, 0.15) is 12.4 Å². The Morgan fingerprint density at radius 2 is 1.75 bits per heavy atom. The average molecular weight is 335 g/mol. The molecular formula is C19H34N4O. The van der Waals surface area contributed by atoms with Crippen LogP contribution in [-0.4, -0.2) is 50.2 Å². The highest BCUT2D eigenvalue weighted by Crippen LogP contribution is 2.13. The van der Waals surface area contributed by atoms with Crippen LogP contribution >= 0.6 is 0 Å². The van der Waals surface area contributed by atoms with Crippen molar-refractivity contribution in [3.8, 4) is 5.75 Å². The lowest BCUT2D eigenvalue weighted by atomic mass is 10.2. The third-order valence-corrected chi connectivity index (χ3v) is 3.80. The number of aliphatic imine (C=N–C) groups is 1. The Hall–Kier alpha value is -1.75. The van der Waals surface area contributed by atoms with Crippen LogP contribution in [-0.2, 0) is 6.54 Å². The van der Waals surface area contributed by atoms with Crippen molar-refractivity contribution in [3.05, 3.63) is 29.8 Å². The van der Waals surface area contributed by atoms with E-state index in [0.717, 1.165) is 57.5 Å². The molecule has 0 heterocycles. The molecule has 0 aliphatic rings. The molecular weight excluding hydrogens is 300 g/mol. The van der Waals surface area contributed by atoms with Crippen molar-refractivity contribution < 1.29 is 4.74 Å². The first kappa shape index (κ1) is 20.3. The van der Waals surface area contributed by atoms with E-state index in [1.807, 2.05) is 12.1 Å². The number of guanidine groups is 1. The number of likely N-dealkylation sites (N-methyl/N-ethyl adjacent to an activating group) is 1. The van der Waals surface area contributed by atoms with Crippen LogP contribution < -0.4 is 15.4 Å². The second kappa shape index (κ2) is 12.6. The van der Waals surface area contributed by atoms with E-state index in [1.54, 1.807) is 0 Å². The monoisotopic (exact) mass is 334 g/mol. The van der Waals surface area contributed by atoms with Crippen molar-refractivity contribution in [2.75, 3.05) is 39.3 Å². The smallest absolute Gasteiger partial charge is 0.191 e. The van der Waals surface area contributed by atoms with Crippen LogP contribution in [0.4, 0.5) is 0 Å². The molecule has 0 atom stereocenters. The lowest BCUT2D eigenvalue weighted by molar-refractivity contribution is 0.223. The molecule has 0 spiro atoms. The van der Waals surface area contributed by atoms with Gasteiger partial charge in [0.2, 0.25) is 0 Å². The molecule has 136 valence electrons. The largest absolute Gasteiger partial charge is 0.492 e. The fourth-order valence-electron chi connectivity index (χ4n) is 2.28. The highest BCUT2D eigenvalue weighted by Gasteiger charge is 2.01. The molecule has 5 nitrogen and oxygen atoms in total. The van der Waals surface area contributed by atoms with Gasteiger partial charge in [0, 0.05) is 19.6 Å². The second-order valence-electron chi connectivity index (χ2n) is 5.64. The molecule has 0 unspecified atom stereocenters. The zero-order valence-corrected chi connectivity index (χ0v) is 15.8. The fraction of sp³-hybridized carbons (Fsp3) is 0.632. The molecule has 1 aromatic rings. The van der Waals surface area contributed by atoms with E-state index in [2.05, 4.69) is 60.4 Å². The Labute approximate surface area is 147 Å². The Balaban J connectivity index is 2.45. The van der Waals surface area contributed by atoms with E-state index in [9.17, 15) is 0 Å². The number of nitrogens with one attached hydrogen (secondary N) is 2. The lowest BCUT2D eigenvalue weighted by Crippen LogP contribution is -2.37. The number of nitrogens with zero attached hydrogens (tertiary/aromatic N) is 2. The maximum Gasteiger partial charge on any atom is 0.191 e. The minimum absolute atomic E-state index is 0.665. The van der Waals surface area contributed by atoms with Crippen LogP contribution in [0.2, 0.25) is 0 Å². The number of rotatable bonds is 11. The molecule has 0 fully saturated rings. The molecule has 0 bridgehead atoms. The van der Waals surface area contributed by atoms with Crippen LogP contribution in [0.15, 0.2) is 29.3 Å². The van der Waals surface area contributed by atoms with E-state index in [0.29, 0.717) is 6.54 Å². The van der Waals surface area contributed by atoms with Crippen molar-refractivity contribution in [1.82, 2.24) is 15.5 Å². The Morgan fingerprint density at radius 3 is 2.33 bits per heavy atom. The molecule has 5 heteroatoms. The molecule has 1 aromatic carbocycles. The zero-order valence-electron chi connectivity index (χ0n) is 15.8. The molecule has 24 heavy (non-hydrogen) atoms. The van der Waals surface area contributed by atoms with Crippen molar-refractivity contribution in [3.63, 3.8) is 0 Å². The van der Waals surface area contributed by atoms with Gasteiger partial charge in [0.05, 0.1) is 6.54 Å². The second-order valence-corrected chi connectivity index (χ2v) is 5.64. The third kappa shape index (κ3) is 8.20. The SMILES string of the molecule is CCCNC(=NCc1ccc(OCCN(CC)CC)cc1)NCC. The third-order valence-electron chi connectivity index (χ3n) is 3.80. The number of hydrogen-bond acceptors (Lipinski definition) is 3. The summed E-state index contributed by atoms with van der Waals surface area (Å²) < 4.78 is 5.81. The maximum atomic E-state index is 5.81. The van der Waals surface area contributed by atoms with Crippen LogP contribution in [0.3, 0.4) is 0 Å². The first-order valence-corrected chi connectivity index (χ1v) is 9.19. The van der Waals surface area contributed by atoms with Gasteiger partial charge in [-0.05, 0) is 44.1 Å². The van der Waals surface area contributed by atoms with Crippen molar-refractivity contribution in [1.29, 1.82) is 0 Å². The van der Waals surface area contributed by atoms with Crippen LogP contribution in [0, 0.1) is 0 Å². The van der Waals surface area contributed by atoms with Gasteiger partial charge in [-0.1, -0.05) is 32.9 Å². The van der Waals surface area contributed by atoms with Gasteiger partial charge in [0.25, 0.3) is 0 Å². The summed E-state index contributed by atoms with van der Waals surface area (Å²) in [6.07, 6.45) is 1.09. The molecule has 0 aliphatic carbocycles. The molecule has 0 saturated carbocycles. The summed E-state index contributed by atoms with van der Waals surface area (Å²) in [5, 5.41) is 6.57. The number of hydrogen-bond donors (Lipinski definition) is 2. The Morgan fingerprint density at radius 1 is 1.04 bits per heavy atom. The quantitative estimate of drug-likeness (QED) is 0.483. The lowest BCUT2D eigenvalue weighted by Gasteiger charge is -2.18. The molecule has 0 aromatic heterocycles. The summed E-state index contributed by atoms with van der Waals surface area (Å²) in [7, 11) is 0. The van der Waals surface area contributed by atoms with Gasteiger partial charge < -0.3 is 20.3 Å². The summed E-state index contributed by atoms with van der Waals surface area (Å²) in [5.41, 5.74) is 1.18. The molecule has 2 N–H and O–H groups in total. The highest BCUT2D eigenvalue weighted by atomic mass is 16.5. The van der Waals surface area contributed by atoms with Gasteiger partial charge >= 0.3 is 0 Å². The standard InChI is InChI=1S/C19H34N4O/c1-5-13-21-19(20-6-2)22-16-17-9-11-18(12-10-17)24-15-14-23(7-3)8-4/h9-12H,5-8,13-16H2,1-4H3,(H2,20,21,22). The van der Waals surface area contributed by atoms with Crippen molar-refractivity contribution in [2.45, 2.75) is 40.7 Å². The minimum Gasteiger partial charge on any atom is -0.492 e. The van der Waals surface area contributed by atoms with Crippen LogP contribution in [0.5, 0.6) is 5.75 Å². The van der Waals surface area contributed by atoms with Crippen molar-refractivity contribution >= 4 is 5.96 Å². The zero-order chi connectivity index (χ0) is 17.6. The highest BCUT2D eigenvalue weighted by molar-refractivity contribution is 5.79. The summed E-state index contributed by atoms with van der Waals surface area (Å²) in [6, 6.07) is 8.22. The minimum atomic E-state index is 0.665. The van der Waals surface area contributed by atoms with E-state index in [-0.39, 0.29) is 0 Å². The molecule has 0 radical (unpaired) electrons. The predicted molar refractivity (Wildman–Crippen MR) is 103 cm³/mol. The Bertz CT molecular complexity index is 455. The summed E-state index contributed by atoms with van der Waals surface area (Å²) in [6.45, 7) is 14.9. The van der Waals surface area contributed by atoms with Crippen molar-refractivity contribution in [2.24, 2.45) is 4.99 Å². The van der Waals surface area contributed by atoms with Gasteiger partial charge in [-0.2, -0.15) is 0 Å². The topological polar surface area (TPSA) is 48.9 Å². The van der Waals surface area contributed by atoms with Crippen LogP contribution in [0.25, 0.3) is 0 Å². The predicted octanol–water partition coefficient (Wildman–Crippen LogP) is 2.87. The van der Waals surface area contributed by atoms with E-state index < -0.39 is 0 Å².